The van der Waals surface area contributed by atoms with E-state index in [0.717, 1.165) is 38.3 Å². The molecule has 1 aliphatic rings. The van der Waals surface area contributed by atoms with Crippen molar-refractivity contribution in [3.63, 3.8) is 0 Å². The van der Waals surface area contributed by atoms with Crippen molar-refractivity contribution < 1.29 is 4.74 Å². The average molecular weight is 332 g/mol. The number of benzene rings is 2. The molecule has 0 fully saturated rings. The summed E-state index contributed by atoms with van der Waals surface area (Å²) in [4.78, 5) is 0. The normalized spacial score (nSPS) is 13.1. The molecule has 0 radical (unpaired) electrons. The van der Waals surface area contributed by atoms with Gasteiger partial charge in [0.2, 0.25) is 0 Å². The summed E-state index contributed by atoms with van der Waals surface area (Å²) in [7, 11) is 0. The predicted octanol–water partition coefficient (Wildman–Crippen LogP) is 3.72. The highest BCUT2D eigenvalue weighted by Gasteiger charge is 2.11. The Hall–Kier alpha value is -1.32. The van der Waals surface area contributed by atoms with E-state index < -0.39 is 0 Å². The van der Waals surface area contributed by atoms with E-state index in [1.165, 1.54) is 21.2 Å². The van der Waals surface area contributed by atoms with E-state index in [1.807, 2.05) is 6.07 Å². The van der Waals surface area contributed by atoms with Crippen molar-refractivity contribution in [3.8, 4) is 5.75 Å². The topological polar surface area (TPSA) is 21.3 Å². The minimum absolute atomic E-state index is 0.832. The van der Waals surface area contributed by atoms with Crippen LogP contribution in [0.4, 0.5) is 0 Å². The molecule has 0 bridgehead atoms. The van der Waals surface area contributed by atoms with E-state index in [0.29, 0.717) is 0 Å². The molecule has 1 N–H and O–H groups in total. The van der Waals surface area contributed by atoms with Crippen LogP contribution in [-0.4, -0.2) is 13.2 Å². The van der Waals surface area contributed by atoms with Crippen molar-refractivity contribution >= 4 is 15.9 Å². The zero-order valence-electron chi connectivity index (χ0n) is 11.4. The molecule has 0 saturated heterocycles. The van der Waals surface area contributed by atoms with Crippen molar-refractivity contribution in [1.82, 2.24) is 5.32 Å². The zero-order chi connectivity index (χ0) is 13.8. The summed E-state index contributed by atoms with van der Waals surface area (Å²) < 4.78 is 6.70. The fourth-order valence-electron chi connectivity index (χ4n) is 2.49. The second kappa shape index (κ2) is 6.42. The highest BCUT2D eigenvalue weighted by Crippen LogP contribution is 2.25. The number of fused-ring (bicyclic) bond motifs is 1. The quantitative estimate of drug-likeness (QED) is 0.843. The maximum absolute atomic E-state index is 5.53. The van der Waals surface area contributed by atoms with Crippen LogP contribution in [0.15, 0.2) is 46.9 Å². The molecule has 2 aromatic carbocycles. The van der Waals surface area contributed by atoms with Crippen LogP contribution >= 0.6 is 15.9 Å². The number of hydrogen-bond acceptors (Lipinski definition) is 2. The van der Waals surface area contributed by atoms with Gasteiger partial charge in [0.15, 0.2) is 0 Å². The third-order valence-corrected chi connectivity index (χ3v) is 4.39. The molecule has 0 saturated carbocycles. The molecule has 1 aliphatic heterocycles. The molecule has 104 valence electrons. The van der Waals surface area contributed by atoms with Crippen molar-refractivity contribution in [2.75, 3.05) is 13.2 Å². The lowest BCUT2D eigenvalue weighted by Crippen LogP contribution is -2.16. The van der Waals surface area contributed by atoms with Crippen molar-refractivity contribution in [2.24, 2.45) is 0 Å². The number of rotatable bonds is 5. The molecule has 20 heavy (non-hydrogen) atoms. The van der Waals surface area contributed by atoms with Crippen LogP contribution in [0, 0.1) is 0 Å². The first-order chi connectivity index (χ1) is 9.83. The van der Waals surface area contributed by atoms with E-state index in [9.17, 15) is 0 Å². The number of halogens is 1. The lowest BCUT2D eigenvalue weighted by Gasteiger charge is -2.08. The highest BCUT2D eigenvalue weighted by molar-refractivity contribution is 9.10. The third kappa shape index (κ3) is 3.22. The molecule has 2 nitrogen and oxygen atoms in total. The summed E-state index contributed by atoms with van der Waals surface area (Å²) in [6.07, 6.45) is 2.10. The van der Waals surface area contributed by atoms with Gasteiger partial charge >= 0.3 is 0 Å². The molecule has 0 unspecified atom stereocenters. The fourth-order valence-corrected chi connectivity index (χ4v) is 2.92. The largest absolute Gasteiger partial charge is 0.493 e. The standard InChI is InChI=1S/C17H18BrNO/c18-16-4-2-1-3-15(16)12-19-9-7-13-5-6-17-14(11-13)8-10-20-17/h1-6,11,19H,7-10,12H2. The first kappa shape index (κ1) is 13.7. The van der Waals surface area contributed by atoms with E-state index in [4.69, 9.17) is 4.74 Å². The summed E-state index contributed by atoms with van der Waals surface area (Å²) in [5.74, 6) is 1.06. The highest BCUT2D eigenvalue weighted by atomic mass is 79.9. The lowest BCUT2D eigenvalue weighted by molar-refractivity contribution is 0.357. The molecule has 1 heterocycles. The van der Waals surface area contributed by atoms with Gasteiger partial charge in [-0.25, -0.2) is 0 Å². The van der Waals surface area contributed by atoms with E-state index >= 15 is 0 Å². The molecule has 0 aromatic heterocycles. The molecular weight excluding hydrogens is 314 g/mol. The predicted molar refractivity (Wildman–Crippen MR) is 85.2 cm³/mol. The fraction of sp³-hybridized carbons (Fsp3) is 0.294. The van der Waals surface area contributed by atoms with Gasteiger partial charge in [0, 0.05) is 17.4 Å². The molecule has 0 atom stereocenters. The Labute approximate surface area is 128 Å². The minimum Gasteiger partial charge on any atom is -0.493 e. The summed E-state index contributed by atoms with van der Waals surface area (Å²) >= 11 is 3.57. The van der Waals surface area contributed by atoms with Crippen molar-refractivity contribution in [2.45, 2.75) is 19.4 Å². The maximum atomic E-state index is 5.53. The Kier molecular flexibility index (Phi) is 4.38. The third-order valence-electron chi connectivity index (χ3n) is 3.62. The molecule has 3 rings (SSSR count). The molecule has 0 amide bonds. The summed E-state index contributed by atoms with van der Waals surface area (Å²) in [5, 5.41) is 3.50. The first-order valence-corrected chi connectivity index (χ1v) is 7.81. The summed E-state index contributed by atoms with van der Waals surface area (Å²) in [6, 6.07) is 14.9. The van der Waals surface area contributed by atoms with Crippen molar-refractivity contribution in [3.05, 3.63) is 63.6 Å². The Morgan fingerprint density at radius 2 is 2.05 bits per heavy atom. The van der Waals surface area contributed by atoms with E-state index in [2.05, 4.69) is 57.6 Å². The molecule has 2 aromatic rings. The minimum atomic E-state index is 0.832. The van der Waals surface area contributed by atoms with Crippen LogP contribution in [0.2, 0.25) is 0 Å². The monoisotopic (exact) mass is 331 g/mol. The average Bonchev–Trinajstić information content (AvgIpc) is 2.93. The van der Waals surface area contributed by atoms with Gasteiger partial charge in [-0.3, -0.25) is 0 Å². The number of hydrogen-bond donors (Lipinski definition) is 1. The summed E-state index contributed by atoms with van der Waals surface area (Å²) in [6.45, 7) is 2.72. The van der Waals surface area contributed by atoms with Crippen LogP contribution in [-0.2, 0) is 19.4 Å². The van der Waals surface area contributed by atoms with Crippen molar-refractivity contribution in [1.29, 1.82) is 0 Å². The van der Waals surface area contributed by atoms with Gasteiger partial charge in [-0.15, -0.1) is 0 Å². The molecule has 0 aliphatic carbocycles. The van der Waals surface area contributed by atoms with Gasteiger partial charge in [-0.1, -0.05) is 46.3 Å². The van der Waals surface area contributed by atoms with Crippen LogP contribution in [0.25, 0.3) is 0 Å². The smallest absolute Gasteiger partial charge is 0.122 e. The van der Waals surface area contributed by atoms with Crippen LogP contribution in [0.5, 0.6) is 5.75 Å². The first-order valence-electron chi connectivity index (χ1n) is 7.01. The Balaban J connectivity index is 1.49. The summed E-state index contributed by atoms with van der Waals surface area (Å²) in [5.41, 5.74) is 4.04. The second-order valence-corrected chi connectivity index (χ2v) is 5.91. The van der Waals surface area contributed by atoms with E-state index in [1.54, 1.807) is 0 Å². The molecule has 3 heteroatoms. The zero-order valence-corrected chi connectivity index (χ0v) is 12.9. The van der Waals surface area contributed by atoms with Gasteiger partial charge in [0.25, 0.3) is 0 Å². The van der Waals surface area contributed by atoms with Gasteiger partial charge in [-0.05, 0) is 41.8 Å². The number of nitrogens with one attached hydrogen (secondary N) is 1. The Bertz CT molecular complexity index is 597. The second-order valence-electron chi connectivity index (χ2n) is 5.06. The van der Waals surface area contributed by atoms with Gasteiger partial charge in [-0.2, -0.15) is 0 Å². The maximum Gasteiger partial charge on any atom is 0.122 e. The van der Waals surface area contributed by atoms with Gasteiger partial charge in [0.1, 0.15) is 5.75 Å². The molecular formula is C17H18BrNO. The van der Waals surface area contributed by atoms with E-state index in [-0.39, 0.29) is 0 Å². The van der Waals surface area contributed by atoms with Gasteiger partial charge in [0.05, 0.1) is 6.61 Å². The van der Waals surface area contributed by atoms with Crippen LogP contribution < -0.4 is 10.1 Å². The number of ether oxygens (including phenoxy) is 1. The SMILES string of the molecule is Brc1ccccc1CNCCc1ccc2c(c1)CCO2. The van der Waals surface area contributed by atoms with Crippen LogP contribution in [0.1, 0.15) is 16.7 Å². The van der Waals surface area contributed by atoms with Gasteiger partial charge < -0.3 is 10.1 Å². The van der Waals surface area contributed by atoms with Crippen LogP contribution in [0.3, 0.4) is 0 Å². The lowest BCUT2D eigenvalue weighted by atomic mass is 10.1. The Morgan fingerprint density at radius 1 is 1.15 bits per heavy atom. The Morgan fingerprint density at radius 3 is 2.95 bits per heavy atom. The molecule has 0 spiro atoms.